The molecule has 1 heterocycles. The smallest absolute Gasteiger partial charge is 0.261 e. The first-order valence-electron chi connectivity index (χ1n) is 6.11. The van der Waals surface area contributed by atoms with Gasteiger partial charge in [-0.2, -0.15) is 0 Å². The molecule has 0 aliphatic carbocycles. The minimum atomic E-state index is -0.919. The van der Waals surface area contributed by atoms with Crippen molar-refractivity contribution in [1.82, 2.24) is 5.32 Å². The van der Waals surface area contributed by atoms with Crippen molar-refractivity contribution in [2.45, 2.75) is 25.9 Å². The van der Waals surface area contributed by atoms with E-state index in [0.29, 0.717) is 16.7 Å². The highest BCUT2D eigenvalue weighted by atomic mass is 32.1. The van der Waals surface area contributed by atoms with Gasteiger partial charge in [-0.15, -0.1) is 11.3 Å². The number of thiophene rings is 1. The Morgan fingerprint density at radius 1 is 1.53 bits per heavy atom. The van der Waals surface area contributed by atoms with Gasteiger partial charge < -0.3 is 10.4 Å². The zero-order valence-electron chi connectivity index (χ0n) is 10.9. The lowest BCUT2D eigenvalue weighted by Gasteiger charge is -2.21. The van der Waals surface area contributed by atoms with Crippen molar-refractivity contribution in [3.05, 3.63) is 35.0 Å². The van der Waals surface area contributed by atoms with Gasteiger partial charge in [0.05, 0.1) is 10.5 Å². The number of amides is 1. The molecular formula is C14H16FNO2S. The number of carbonyl (C=O) groups excluding carboxylic acids is 1. The topological polar surface area (TPSA) is 49.3 Å². The van der Waals surface area contributed by atoms with Gasteiger partial charge in [-0.1, -0.05) is 13.0 Å². The molecular weight excluding hydrogens is 265 g/mol. The van der Waals surface area contributed by atoms with Gasteiger partial charge in [0.15, 0.2) is 0 Å². The molecule has 1 unspecified atom stereocenters. The predicted octanol–water partition coefficient (Wildman–Crippen LogP) is 2.93. The zero-order chi connectivity index (χ0) is 14.0. The molecule has 1 atom stereocenters. The second-order valence-corrected chi connectivity index (χ2v) is 5.88. The van der Waals surface area contributed by atoms with E-state index in [-0.39, 0.29) is 18.3 Å². The molecule has 0 bridgehead atoms. The molecule has 102 valence electrons. The SMILES string of the molecule is CCC(C)(O)CNC(=O)c1cc2c(F)cccc2s1. The monoisotopic (exact) mass is 281 g/mol. The third-order valence-electron chi connectivity index (χ3n) is 3.12. The molecule has 5 heteroatoms. The summed E-state index contributed by atoms with van der Waals surface area (Å²) in [6, 6.07) is 6.32. The van der Waals surface area contributed by atoms with Crippen LogP contribution in [0.2, 0.25) is 0 Å². The molecule has 19 heavy (non-hydrogen) atoms. The minimum Gasteiger partial charge on any atom is -0.388 e. The molecule has 0 fully saturated rings. The molecule has 3 nitrogen and oxygen atoms in total. The van der Waals surface area contributed by atoms with Gasteiger partial charge in [-0.25, -0.2) is 4.39 Å². The number of benzene rings is 1. The summed E-state index contributed by atoms with van der Waals surface area (Å²) < 4.78 is 14.3. The predicted molar refractivity (Wildman–Crippen MR) is 75.0 cm³/mol. The number of carbonyl (C=O) groups is 1. The highest BCUT2D eigenvalue weighted by molar-refractivity contribution is 7.20. The third kappa shape index (κ3) is 3.11. The fraction of sp³-hybridized carbons (Fsp3) is 0.357. The maximum absolute atomic E-state index is 13.5. The van der Waals surface area contributed by atoms with Crippen molar-refractivity contribution in [1.29, 1.82) is 0 Å². The van der Waals surface area contributed by atoms with Crippen LogP contribution in [0.4, 0.5) is 4.39 Å². The van der Waals surface area contributed by atoms with Crippen molar-refractivity contribution in [3.63, 3.8) is 0 Å². The van der Waals surface area contributed by atoms with E-state index in [2.05, 4.69) is 5.32 Å². The summed E-state index contributed by atoms with van der Waals surface area (Å²) in [4.78, 5) is 12.4. The molecule has 2 rings (SSSR count). The van der Waals surface area contributed by atoms with Gasteiger partial charge in [0.25, 0.3) is 5.91 Å². The van der Waals surface area contributed by atoms with E-state index in [4.69, 9.17) is 0 Å². The number of rotatable bonds is 4. The maximum atomic E-state index is 13.5. The van der Waals surface area contributed by atoms with Gasteiger partial charge in [0, 0.05) is 16.6 Å². The van der Waals surface area contributed by atoms with Crippen LogP contribution in [0.15, 0.2) is 24.3 Å². The largest absolute Gasteiger partial charge is 0.388 e. The summed E-state index contributed by atoms with van der Waals surface area (Å²) in [5, 5.41) is 13.0. The van der Waals surface area contributed by atoms with E-state index in [0.717, 1.165) is 4.70 Å². The lowest BCUT2D eigenvalue weighted by atomic mass is 10.0. The lowest BCUT2D eigenvalue weighted by molar-refractivity contribution is 0.0519. The van der Waals surface area contributed by atoms with Crippen molar-refractivity contribution in [2.75, 3.05) is 6.54 Å². The molecule has 0 saturated heterocycles. The summed E-state index contributed by atoms with van der Waals surface area (Å²) in [5.74, 6) is -0.609. The molecule has 1 aromatic heterocycles. The number of nitrogens with one attached hydrogen (secondary N) is 1. The molecule has 0 aliphatic heterocycles. The van der Waals surface area contributed by atoms with Gasteiger partial charge in [0.2, 0.25) is 0 Å². The highest BCUT2D eigenvalue weighted by Crippen LogP contribution is 2.27. The standard InChI is InChI=1S/C14H16FNO2S/c1-3-14(2,18)8-16-13(17)12-7-9-10(15)5-4-6-11(9)19-12/h4-7,18H,3,8H2,1-2H3,(H,16,17). The van der Waals surface area contributed by atoms with Gasteiger partial charge >= 0.3 is 0 Å². The first kappa shape index (κ1) is 14.0. The molecule has 0 saturated carbocycles. The fourth-order valence-electron chi connectivity index (χ4n) is 1.62. The van der Waals surface area contributed by atoms with Crippen molar-refractivity contribution < 1.29 is 14.3 Å². The quantitative estimate of drug-likeness (QED) is 0.905. The van der Waals surface area contributed by atoms with E-state index >= 15 is 0 Å². The van der Waals surface area contributed by atoms with Crippen molar-refractivity contribution >= 4 is 27.3 Å². The molecule has 2 N–H and O–H groups in total. The maximum Gasteiger partial charge on any atom is 0.261 e. The van der Waals surface area contributed by atoms with Gasteiger partial charge in [-0.05, 0) is 31.5 Å². The Bertz CT molecular complexity index is 607. The van der Waals surface area contributed by atoms with E-state index < -0.39 is 5.60 Å². The van der Waals surface area contributed by atoms with E-state index in [1.807, 2.05) is 6.92 Å². The highest BCUT2D eigenvalue weighted by Gasteiger charge is 2.20. The van der Waals surface area contributed by atoms with E-state index in [1.165, 1.54) is 17.4 Å². The van der Waals surface area contributed by atoms with E-state index in [9.17, 15) is 14.3 Å². The minimum absolute atomic E-state index is 0.180. The average Bonchev–Trinajstić information content (AvgIpc) is 2.81. The van der Waals surface area contributed by atoms with Crippen LogP contribution in [-0.4, -0.2) is 23.2 Å². The van der Waals surface area contributed by atoms with Crippen LogP contribution in [-0.2, 0) is 0 Å². The van der Waals surface area contributed by atoms with Crippen LogP contribution >= 0.6 is 11.3 Å². The number of hydrogen-bond acceptors (Lipinski definition) is 3. The normalized spacial score (nSPS) is 14.3. The average molecular weight is 281 g/mol. The van der Waals surface area contributed by atoms with Crippen molar-refractivity contribution in [2.24, 2.45) is 0 Å². The Labute approximate surface area is 115 Å². The Kier molecular flexibility index (Phi) is 3.87. The molecule has 0 radical (unpaired) electrons. The molecule has 1 aromatic carbocycles. The molecule has 0 aliphatic rings. The number of hydrogen-bond donors (Lipinski definition) is 2. The Morgan fingerprint density at radius 3 is 2.89 bits per heavy atom. The Hall–Kier alpha value is -1.46. The van der Waals surface area contributed by atoms with Crippen LogP contribution in [0.1, 0.15) is 29.9 Å². The van der Waals surface area contributed by atoms with Crippen LogP contribution in [0.5, 0.6) is 0 Å². The van der Waals surface area contributed by atoms with Crippen LogP contribution in [0.25, 0.3) is 10.1 Å². The molecule has 1 amide bonds. The zero-order valence-corrected chi connectivity index (χ0v) is 11.7. The van der Waals surface area contributed by atoms with Crippen LogP contribution < -0.4 is 5.32 Å². The lowest BCUT2D eigenvalue weighted by Crippen LogP contribution is -2.39. The molecule has 2 aromatic rings. The summed E-state index contributed by atoms with van der Waals surface area (Å²) in [7, 11) is 0. The van der Waals surface area contributed by atoms with Crippen molar-refractivity contribution in [3.8, 4) is 0 Å². The van der Waals surface area contributed by atoms with Crippen LogP contribution in [0.3, 0.4) is 0 Å². The Balaban J connectivity index is 2.16. The fourth-order valence-corrected chi connectivity index (χ4v) is 2.61. The van der Waals surface area contributed by atoms with Gasteiger partial charge in [-0.3, -0.25) is 4.79 Å². The first-order chi connectivity index (χ1) is 8.93. The van der Waals surface area contributed by atoms with Gasteiger partial charge in [0.1, 0.15) is 5.82 Å². The molecule has 0 spiro atoms. The number of fused-ring (bicyclic) bond motifs is 1. The summed E-state index contributed by atoms with van der Waals surface area (Å²) >= 11 is 1.24. The second kappa shape index (κ2) is 5.27. The van der Waals surface area contributed by atoms with E-state index in [1.54, 1.807) is 25.1 Å². The number of aliphatic hydroxyl groups is 1. The Morgan fingerprint density at radius 2 is 2.26 bits per heavy atom. The summed E-state index contributed by atoms with van der Waals surface area (Å²) in [6.07, 6.45) is 0.550. The third-order valence-corrected chi connectivity index (χ3v) is 4.22. The summed E-state index contributed by atoms with van der Waals surface area (Å²) in [6.45, 7) is 3.69. The van der Waals surface area contributed by atoms with Crippen LogP contribution in [0, 0.1) is 5.82 Å². The summed E-state index contributed by atoms with van der Waals surface area (Å²) in [5.41, 5.74) is -0.919. The number of halogens is 1. The second-order valence-electron chi connectivity index (χ2n) is 4.80. The first-order valence-corrected chi connectivity index (χ1v) is 6.93.